The highest BCUT2D eigenvalue weighted by Gasteiger charge is 2.34. The number of rotatable bonds is 5. The number of fused-ring (bicyclic) bond motifs is 1. The molecule has 1 aromatic carbocycles. The van der Waals surface area contributed by atoms with E-state index in [1.54, 1.807) is 23.1 Å². The lowest BCUT2D eigenvalue weighted by Crippen LogP contribution is -2.38. The van der Waals surface area contributed by atoms with Gasteiger partial charge < -0.3 is 20.1 Å². The first kappa shape index (κ1) is 23.7. The maximum atomic E-state index is 13.3. The molecular weight excluding hydrogens is 504 g/mol. The zero-order valence-electron chi connectivity index (χ0n) is 16.8. The molecule has 0 spiro atoms. The number of ether oxygens (including phenoxy) is 1. The van der Waals surface area contributed by atoms with Crippen molar-refractivity contribution in [2.24, 2.45) is 0 Å². The molecule has 7 nitrogen and oxygen atoms in total. The number of carbonyl (C=O) groups is 1. The average Bonchev–Trinajstić information content (AvgIpc) is 3.19. The molecule has 0 unspecified atom stereocenters. The van der Waals surface area contributed by atoms with Gasteiger partial charge in [0.25, 0.3) is 0 Å². The lowest BCUT2D eigenvalue weighted by molar-refractivity contribution is -0.134. The smallest absolute Gasteiger partial charge is 0.450 e. The third-order valence-corrected chi connectivity index (χ3v) is 6.91. The van der Waals surface area contributed by atoms with Crippen molar-refractivity contribution in [2.75, 3.05) is 23.3 Å². The van der Waals surface area contributed by atoms with Crippen molar-refractivity contribution in [3.63, 3.8) is 0 Å². The van der Waals surface area contributed by atoms with E-state index in [9.17, 15) is 18.0 Å². The van der Waals surface area contributed by atoms with Crippen LogP contribution in [0.4, 0.5) is 29.7 Å². The second kappa shape index (κ2) is 9.40. The van der Waals surface area contributed by atoms with Crippen LogP contribution in [0.3, 0.4) is 0 Å². The maximum absolute atomic E-state index is 13.3. The summed E-state index contributed by atoms with van der Waals surface area (Å²) >= 11 is 12.5. The van der Waals surface area contributed by atoms with Crippen LogP contribution in [0.5, 0.6) is 0 Å². The molecule has 0 amide bonds. The van der Waals surface area contributed by atoms with Gasteiger partial charge in [0.15, 0.2) is 0 Å². The molecule has 1 saturated heterocycles. The number of aromatic nitrogens is 2. The van der Waals surface area contributed by atoms with E-state index in [1.165, 1.54) is 0 Å². The Kier molecular flexibility index (Phi) is 6.73. The third-order valence-electron chi connectivity index (χ3n) is 5.10. The standard InChI is InChI=1S/C20H17Cl2F3N4O3S/c21-13-2-1-10(7-14(13)22)9-26-16-12-8-15(20(23,24)25)33-17(12)28-18(27-16)29-5-3-11(4-6-29)32-19(30)31/h1-2,7-8,11H,3-6,9H2,(H,30,31)(H,26,27,28). The normalized spacial score (nSPS) is 15.1. The van der Waals surface area contributed by atoms with Crippen LogP contribution >= 0.6 is 34.5 Å². The quantitative estimate of drug-likeness (QED) is 0.382. The molecule has 33 heavy (non-hydrogen) atoms. The SMILES string of the molecule is O=C(O)OC1CCN(c2nc(NCc3ccc(Cl)c(Cl)c3)c3cc(C(F)(F)F)sc3n2)CC1. The number of anilines is 2. The van der Waals surface area contributed by atoms with Crippen molar-refractivity contribution in [3.05, 3.63) is 44.8 Å². The maximum Gasteiger partial charge on any atom is 0.506 e. The van der Waals surface area contributed by atoms with Crippen molar-refractivity contribution >= 4 is 62.7 Å². The zero-order valence-corrected chi connectivity index (χ0v) is 19.2. The van der Waals surface area contributed by atoms with Gasteiger partial charge in [0.2, 0.25) is 5.95 Å². The van der Waals surface area contributed by atoms with Gasteiger partial charge in [0.05, 0.1) is 15.4 Å². The lowest BCUT2D eigenvalue weighted by atomic mass is 10.1. The molecule has 13 heteroatoms. The highest BCUT2D eigenvalue weighted by atomic mass is 35.5. The van der Waals surface area contributed by atoms with Crippen LogP contribution in [-0.2, 0) is 17.5 Å². The Morgan fingerprint density at radius 3 is 2.58 bits per heavy atom. The van der Waals surface area contributed by atoms with Gasteiger partial charge in [-0.1, -0.05) is 29.3 Å². The molecule has 2 aromatic heterocycles. The first-order valence-electron chi connectivity index (χ1n) is 9.81. The van der Waals surface area contributed by atoms with Gasteiger partial charge in [-0.25, -0.2) is 9.78 Å². The highest BCUT2D eigenvalue weighted by Crippen LogP contribution is 2.40. The second-order valence-electron chi connectivity index (χ2n) is 7.37. The molecule has 0 aliphatic carbocycles. The first-order valence-corrected chi connectivity index (χ1v) is 11.4. The minimum atomic E-state index is -4.50. The van der Waals surface area contributed by atoms with Crippen LogP contribution in [0.2, 0.25) is 10.0 Å². The summed E-state index contributed by atoms with van der Waals surface area (Å²) in [5.74, 6) is 0.528. The Balaban J connectivity index is 1.62. The molecule has 4 rings (SSSR count). The fraction of sp³-hybridized carbons (Fsp3) is 0.350. The summed E-state index contributed by atoms with van der Waals surface area (Å²) < 4.78 is 44.8. The molecule has 2 N–H and O–H groups in total. The molecule has 0 atom stereocenters. The third kappa shape index (κ3) is 5.53. The van der Waals surface area contributed by atoms with E-state index in [2.05, 4.69) is 15.3 Å². The van der Waals surface area contributed by atoms with Crippen molar-refractivity contribution in [3.8, 4) is 0 Å². The Labute approximate surface area is 200 Å². The van der Waals surface area contributed by atoms with E-state index in [0.717, 1.165) is 11.6 Å². The number of benzene rings is 1. The van der Waals surface area contributed by atoms with Crippen molar-refractivity contribution < 1.29 is 27.8 Å². The first-order chi connectivity index (χ1) is 15.6. The number of nitrogens with one attached hydrogen (secondary N) is 1. The van der Waals surface area contributed by atoms with Crippen LogP contribution in [0, 0.1) is 0 Å². The van der Waals surface area contributed by atoms with Gasteiger partial charge in [-0.3, -0.25) is 0 Å². The molecule has 0 saturated carbocycles. The summed E-state index contributed by atoms with van der Waals surface area (Å²) in [6, 6.07) is 6.09. The van der Waals surface area contributed by atoms with Crippen LogP contribution in [-0.4, -0.2) is 40.4 Å². The summed E-state index contributed by atoms with van der Waals surface area (Å²) in [6.07, 6.45) is -5.42. The number of nitrogens with zero attached hydrogens (tertiary/aromatic N) is 3. The Morgan fingerprint density at radius 1 is 1.21 bits per heavy atom. The molecule has 1 fully saturated rings. The van der Waals surface area contributed by atoms with Gasteiger partial charge >= 0.3 is 12.3 Å². The summed E-state index contributed by atoms with van der Waals surface area (Å²) in [5, 5.41) is 12.9. The van der Waals surface area contributed by atoms with Gasteiger partial charge in [0.1, 0.15) is 21.6 Å². The number of piperidine rings is 1. The summed E-state index contributed by atoms with van der Waals surface area (Å²) in [4.78, 5) is 20.8. The molecule has 176 valence electrons. The number of halogens is 5. The Hall–Kier alpha value is -2.50. The zero-order chi connectivity index (χ0) is 23.8. The largest absolute Gasteiger partial charge is 0.506 e. The van der Waals surface area contributed by atoms with Crippen molar-refractivity contribution in [2.45, 2.75) is 31.7 Å². The van der Waals surface area contributed by atoms with Crippen LogP contribution in [0.1, 0.15) is 23.3 Å². The fourth-order valence-electron chi connectivity index (χ4n) is 3.48. The minimum Gasteiger partial charge on any atom is -0.450 e. The van der Waals surface area contributed by atoms with Gasteiger partial charge in [-0.05, 0) is 23.8 Å². The van der Waals surface area contributed by atoms with E-state index in [-0.39, 0.29) is 28.5 Å². The molecule has 0 radical (unpaired) electrons. The number of carboxylic acid groups (broad SMARTS) is 1. The highest BCUT2D eigenvalue weighted by molar-refractivity contribution is 7.18. The van der Waals surface area contributed by atoms with Crippen molar-refractivity contribution in [1.82, 2.24) is 9.97 Å². The average molecular weight is 521 g/mol. The Bertz CT molecular complexity index is 1180. The summed E-state index contributed by atoms with van der Waals surface area (Å²) in [5.41, 5.74) is 0.774. The number of alkyl halides is 3. The second-order valence-corrected chi connectivity index (χ2v) is 9.22. The van der Waals surface area contributed by atoms with E-state index in [4.69, 9.17) is 33.0 Å². The minimum absolute atomic E-state index is 0.202. The molecule has 3 aromatic rings. The van der Waals surface area contributed by atoms with Crippen LogP contribution in [0.15, 0.2) is 24.3 Å². The van der Waals surface area contributed by atoms with Gasteiger partial charge in [-0.15, -0.1) is 11.3 Å². The lowest BCUT2D eigenvalue weighted by Gasteiger charge is -2.31. The number of hydrogen-bond donors (Lipinski definition) is 2. The summed E-state index contributed by atoms with van der Waals surface area (Å²) in [6.45, 7) is 1.08. The number of hydrogen-bond acceptors (Lipinski definition) is 7. The van der Waals surface area contributed by atoms with Gasteiger partial charge in [0, 0.05) is 32.5 Å². The van der Waals surface area contributed by atoms with E-state index < -0.39 is 23.3 Å². The van der Waals surface area contributed by atoms with Crippen LogP contribution in [0.25, 0.3) is 10.2 Å². The van der Waals surface area contributed by atoms with Gasteiger partial charge in [-0.2, -0.15) is 18.2 Å². The molecule has 3 heterocycles. The van der Waals surface area contributed by atoms with E-state index in [1.807, 2.05) is 0 Å². The molecule has 0 bridgehead atoms. The molecular formula is C20H17Cl2F3N4O3S. The van der Waals surface area contributed by atoms with Crippen LogP contribution < -0.4 is 10.2 Å². The number of thiophene rings is 1. The predicted octanol–water partition coefficient (Wildman–Crippen LogP) is 6.29. The van der Waals surface area contributed by atoms with E-state index in [0.29, 0.717) is 47.3 Å². The Morgan fingerprint density at radius 2 is 1.94 bits per heavy atom. The fourth-order valence-corrected chi connectivity index (χ4v) is 4.69. The molecule has 1 aliphatic heterocycles. The predicted molar refractivity (Wildman–Crippen MR) is 121 cm³/mol. The van der Waals surface area contributed by atoms with E-state index >= 15 is 0 Å². The summed E-state index contributed by atoms with van der Waals surface area (Å²) in [7, 11) is 0. The van der Waals surface area contributed by atoms with Crippen molar-refractivity contribution in [1.29, 1.82) is 0 Å². The molecule has 1 aliphatic rings. The monoisotopic (exact) mass is 520 g/mol. The topological polar surface area (TPSA) is 87.6 Å².